The summed E-state index contributed by atoms with van der Waals surface area (Å²) in [7, 11) is 0. The third-order valence-electron chi connectivity index (χ3n) is 5.20. The number of benzene rings is 4. The minimum Gasteiger partial charge on any atom is -0.457 e. The molecular weight excluding hydrogens is 440 g/mol. The molecule has 0 aliphatic carbocycles. The van der Waals surface area contributed by atoms with Crippen LogP contribution in [-0.2, 0) is 22.4 Å². The zero-order chi connectivity index (χ0) is 24.6. The van der Waals surface area contributed by atoms with Crippen LogP contribution in [0.25, 0.3) is 0 Å². The third kappa shape index (κ3) is 7.10. The van der Waals surface area contributed by atoms with Gasteiger partial charge in [-0.2, -0.15) is 0 Å². The number of carbonyl (C=O) groups excluding carboxylic acids is 2. The molecule has 0 unspecified atom stereocenters. The first-order valence-electron chi connectivity index (χ1n) is 11.1. The van der Waals surface area contributed by atoms with Gasteiger partial charge in [-0.1, -0.05) is 24.3 Å². The summed E-state index contributed by atoms with van der Waals surface area (Å²) in [5.74, 6) is 1.03. The van der Waals surface area contributed by atoms with Gasteiger partial charge in [0.05, 0.1) is 12.8 Å². The molecule has 176 valence electrons. The van der Waals surface area contributed by atoms with Crippen LogP contribution in [0, 0.1) is 0 Å². The van der Waals surface area contributed by atoms with E-state index in [0.717, 1.165) is 11.1 Å². The fourth-order valence-electron chi connectivity index (χ4n) is 3.40. The second kappa shape index (κ2) is 10.9. The van der Waals surface area contributed by atoms with Crippen LogP contribution in [0.2, 0.25) is 0 Å². The van der Waals surface area contributed by atoms with Crippen LogP contribution in [0.4, 0.5) is 22.7 Å². The van der Waals surface area contributed by atoms with Crippen molar-refractivity contribution in [1.29, 1.82) is 0 Å². The van der Waals surface area contributed by atoms with Crippen LogP contribution in [0.15, 0.2) is 97.1 Å². The summed E-state index contributed by atoms with van der Waals surface area (Å²) < 4.78 is 5.86. The molecule has 35 heavy (non-hydrogen) atoms. The van der Waals surface area contributed by atoms with Crippen molar-refractivity contribution >= 4 is 34.6 Å². The fourth-order valence-corrected chi connectivity index (χ4v) is 3.40. The molecule has 0 heterocycles. The number of hydrogen-bond donors (Lipinski definition) is 4. The molecule has 4 aromatic carbocycles. The number of amides is 2. The second-order valence-corrected chi connectivity index (χ2v) is 8.08. The first kappa shape index (κ1) is 23.4. The Morgan fingerprint density at radius 3 is 1.23 bits per heavy atom. The maximum absolute atomic E-state index is 12.3. The van der Waals surface area contributed by atoms with Crippen LogP contribution in [0.5, 0.6) is 11.5 Å². The van der Waals surface area contributed by atoms with E-state index in [4.69, 9.17) is 16.2 Å². The summed E-state index contributed by atoms with van der Waals surface area (Å²) in [6.07, 6.45) is 0.531. The fraction of sp³-hybridized carbons (Fsp3) is 0.0714. The molecular formula is C28H26N4O3. The molecule has 0 aliphatic rings. The SMILES string of the molecule is Nc1ccc(CC(=O)Nc2ccc(Oc3ccc(NC(=O)Cc4ccc(N)cc4)cc3)cc2)cc1. The number of hydrogen-bond acceptors (Lipinski definition) is 5. The van der Waals surface area contributed by atoms with Crippen molar-refractivity contribution < 1.29 is 14.3 Å². The lowest BCUT2D eigenvalue weighted by Crippen LogP contribution is -2.14. The van der Waals surface area contributed by atoms with E-state index in [-0.39, 0.29) is 24.7 Å². The maximum atomic E-state index is 12.3. The van der Waals surface area contributed by atoms with Crippen LogP contribution < -0.4 is 26.8 Å². The highest BCUT2D eigenvalue weighted by atomic mass is 16.5. The molecule has 7 heteroatoms. The highest BCUT2D eigenvalue weighted by molar-refractivity contribution is 5.93. The molecule has 0 saturated heterocycles. The summed E-state index contributed by atoms with van der Waals surface area (Å²) in [6, 6.07) is 28.7. The zero-order valence-electron chi connectivity index (χ0n) is 19.0. The molecule has 0 aromatic heterocycles. The van der Waals surface area contributed by atoms with Crippen molar-refractivity contribution in [2.45, 2.75) is 12.8 Å². The van der Waals surface area contributed by atoms with Crippen molar-refractivity contribution in [3.63, 3.8) is 0 Å². The van der Waals surface area contributed by atoms with Gasteiger partial charge in [0.25, 0.3) is 0 Å². The smallest absolute Gasteiger partial charge is 0.228 e. The van der Waals surface area contributed by atoms with Crippen LogP contribution >= 0.6 is 0 Å². The number of nitrogen functional groups attached to an aromatic ring is 2. The van der Waals surface area contributed by atoms with Gasteiger partial charge >= 0.3 is 0 Å². The summed E-state index contributed by atoms with van der Waals surface area (Å²) in [4.78, 5) is 24.5. The van der Waals surface area contributed by atoms with Gasteiger partial charge in [0.1, 0.15) is 11.5 Å². The Morgan fingerprint density at radius 2 is 0.886 bits per heavy atom. The maximum Gasteiger partial charge on any atom is 0.228 e. The largest absolute Gasteiger partial charge is 0.457 e. The monoisotopic (exact) mass is 466 g/mol. The normalized spacial score (nSPS) is 10.4. The van der Waals surface area contributed by atoms with Gasteiger partial charge in [0, 0.05) is 22.7 Å². The van der Waals surface area contributed by atoms with Crippen LogP contribution in [0.3, 0.4) is 0 Å². The minimum absolute atomic E-state index is 0.113. The summed E-state index contributed by atoms with van der Waals surface area (Å²) in [5, 5.41) is 5.74. The predicted molar refractivity (Wildman–Crippen MR) is 139 cm³/mol. The van der Waals surface area contributed by atoms with Crippen molar-refractivity contribution in [1.82, 2.24) is 0 Å². The number of nitrogens with one attached hydrogen (secondary N) is 2. The molecule has 0 bridgehead atoms. The van der Waals surface area contributed by atoms with Crippen LogP contribution in [0.1, 0.15) is 11.1 Å². The standard InChI is InChI=1S/C28H26N4O3/c29-21-5-1-19(2-6-21)17-27(33)31-23-9-13-25(14-10-23)35-26-15-11-24(12-16-26)32-28(34)18-20-3-7-22(30)8-4-20/h1-16H,17-18,29-30H2,(H,31,33)(H,32,34). The van der Waals surface area contributed by atoms with E-state index < -0.39 is 0 Å². The van der Waals surface area contributed by atoms with E-state index >= 15 is 0 Å². The van der Waals surface area contributed by atoms with Gasteiger partial charge in [-0.15, -0.1) is 0 Å². The van der Waals surface area contributed by atoms with Gasteiger partial charge < -0.3 is 26.8 Å². The molecule has 0 spiro atoms. The predicted octanol–water partition coefficient (Wildman–Crippen LogP) is 5.01. The number of ether oxygens (including phenoxy) is 1. The number of rotatable bonds is 8. The van der Waals surface area contributed by atoms with Gasteiger partial charge in [-0.05, 0) is 83.9 Å². The first-order chi connectivity index (χ1) is 16.9. The minimum atomic E-state index is -0.113. The number of nitrogens with two attached hydrogens (primary N) is 2. The average molecular weight is 467 g/mol. The van der Waals surface area contributed by atoms with Crippen molar-refractivity contribution in [3.8, 4) is 11.5 Å². The molecule has 0 fully saturated rings. The first-order valence-corrected chi connectivity index (χ1v) is 11.1. The van der Waals surface area contributed by atoms with Gasteiger partial charge in [0.2, 0.25) is 11.8 Å². The molecule has 0 radical (unpaired) electrons. The summed E-state index contributed by atoms with van der Waals surface area (Å²) >= 11 is 0. The Morgan fingerprint density at radius 1 is 0.543 bits per heavy atom. The number of carbonyl (C=O) groups is 2. The lowest BCUT2D eigenvalue weighted by Gasteiger charge is -2.10. The van der Waals surface area contributed by atoms with E-state index in [2.05, 4.69) is 10.6 Å². The van der Waals surface area contributed by atoms with E-state index in [1.165, 1.54) is 0 Å². The molecule has 0 atom stereocenters. The Bertz CT molecular complexity index is 1180. The molecule has 6 N–H and O–H groups in total. The van der Waals surface area contributed by atoms with Crippen molar-refractivity contribution in [2.75, 3.05) is 22.1 Å². The highest BCUT2D eigenvalue weighted by Crippen LogP contribution is 2.24. The molecule has 2 amide bonds. The van der Waals surface area contributed by atoms with E-state index in [1.807, 2.05) is 24.3 Å². The molecule has 4 aromatic rings. The van der Waals surface area contributed by atoms with Gasteiger partial charge in [0.15, 0.2) is 0 Å². The van der Waals surface area contributed by atoms with Gasteiger partial charge in [-0.25, -0.2) is 0 Å². The summed E-state index contributed by atoms with van der Waals surface area (Å²) in [5.41, 5.74) is 15.8. The number of anilines is 4. The topological polar surface area (TPSA) is 119 Å². The van der Waals surface area contributed by atoms with E-state index in [1.54, 1.807) is 72.8 Å². The van der Waals surface area contributed by atoms with Crippen molar-refractivity contribution in [3.05, 3.63) is 108 Å². The Balaban J connectivity index is 1.26. The third-order valence-corrected chi connectivity index (χ3v) is 5.20. The Kier molecular flexibility index (Phi) is 7.28. The lowest BCUT2D eigenvalue weighted by molar-refractivity contribution is -0.116. The molecule has 4 rings (SSSR count). The Labute approximate surface area is 203 Å². The summed E-state index contributed by atoms with van der Waals surface area (Å²) in [6.45, 7) is 0. The van der Waals surface area contributed by atoms with Crippen molar-refractivity contribution in [2.24, 2.45) is 0 Å². The molecule has 0 aliphatic heterocycles. The average Bonchev–Trinajstić information content (AvgIpc) is 2.84. The van der Waals surface area contributed by atoms with Crippen LogP contribution in [-0.4, -0.2) is 11.8 Å². The quantitative estimate of drug-likeness (QED) is 0.272. The van der Waals surface area contributed by atoms with E-state index in [9.17, 15) is 9.59 Å². The molecule has 0 saturated carbocycles. The van der Waals surface area contributed by atoms with Gasteiger partial charge in [-0.3, -0.25) is 9.59 Å². The molecule has 7 nitrogen and oxygen atoms in total. The second-order valence-electron chi connectivity index (χ2n) is 8.08. The highest BCUT2D eigenvalue weighted by Gasteiger charge is 2.07. The Hall–Kier alpha value is -4.78. The van der Waals surface area contributed by atoms with E-state index in [0.29, 0.717) is 34.2 Å². The lowest BCUT2D eigenvalue weighted by atomic mass is 10.1. The zero-order valence-corrected chi connectivity index (χ0v) is 19.0.